The molecule has 0 fully saturated rings. The third-order valence-electron chi connectivity index (χ3n) is 4.07. The van der Waals surface area contributed by atoms with Crippen LogP contribution in [0.15, 0.2) is 36.7 Å². The van der Waals surface area contributed by atoms with Crippen LogP contribution in [0.5, 0.6) is 0 Å². The highest BCUT2D eigenvalue weighted by atomic mass is 15.3. The molecule has 0 aliphatic carbocycles. The first-order chi connectivity index (χ1) is 9.86. The Morgan fingerprint density at radius 3 is 2.85 bits per heavy atom. The Balaban J connectivity index is 1.60. The van der Waals surface area contributed by atoms with Crippen LogP contribution in [0, 0.1) is 0 Å². The average molecular weight is 271 g/mol. The van der Waals surface area contributed by atoms with E-state index >= 15 is 0 Å². The van der Waals surface area contributed by atoms with Crippen molar-refractivity contribution in [2.75, 3.05) is 13.1 Å². The lowest BCUT2D eigenvalue weighted by Crippen LogP contribution is -2.45. The van der Waals surface area contributed by atoms with E-state index in [4.69, 9.17) is 5.73 Å². The summed E-state index contributed by atoms with van der Waals surface area (Å²) < 4.78 is 2.13. The minimum Gasteiger partial charge on any atom is -0.329 e. The van der Waals surface area contributed by atoms with Gasteiger partial charge in [-0.15, -0.1) is 10.2 Å². The van der Waals surface area contributed by atoms with Crippen LogP contribution in [0.25, 0.3) is 0 Å². The van der Waals surface area contributed by atoms with Crippen LogP contribution < -0.4 is 5.73 Å². The highest BCUT2D eigenvalue weighted by molar-refractivity contribution is 5.14. The fourth-order valence-corrected chi connectivity index (χ4v) is 2.82. The Kier molecular flexibility index (Phi) is 4.08. The first-order valence-electron chi connectivity index (χ1n) is 7.21. The van der Waals surface area contributed by atoms with Gasteiger partial charge in [0, 0.05) is 25.7 Å². The molecule has 1 aliphatic heterocycles. The molecule has 3 rings (SSSR count). The van der Waals surface area contributed by atoms with Crippen molar-refractivity contribution in [3.05, 3.63) is 48.0 Å². The fraction of sp³-hybridized carbons (Fsp3) is 0.467. The molecule has 0 saturated heterocycles. The molecule has 2 aromatic rings. The maximum Gasteiger partial charge on any atom is 0.147 e. The van der Waals surface area contributed by atoms with Gasteiger partial charge in [0.05, 0.1) is 6.54 Å². The van der Waals surface area contributed by atoms with Gasteiger partial charge < -0.3 is 10.3 Å². The van der Waals surface area contributed by atoms with Crippen LogP contribution in [0.3, 0.4) is 0 Å². The van der Waals surface area contributed by atoms with Gasteiger partial charge in [-0.05, 0) is 18.4 Å². The second kappa shape index (κ2) is 6.15. The lowest BCUT2D eigenvalue weighted by Gasteiger charge is -2.33. The van der Waals surface area contributed by atoms with Crippen molar-refractivity contribution in [3.8, 4) is 0 Å². The zero-order chi connectivity index (χ0) is 13.8. The van der Waals surface area contributed by atoms with E-state index in [1.54, 1.807) is 0 Å². The quantitative estimate of drug-likeness (QED) is 0.883. The predicted molar refractivity (Wildman–Crippen MR) is 78.0 cm³/mol. The number of benzene rings is 1. The van der Waals surface area contributed by atoms with Gasteiger partial charge in [-0.1, -0.05) is 30.3 Å². The summed E-state index contributed by atoms with van der Waals surface area (Å²) in [5.41, 5.74) is 7.36. The van der Waals surface area contributed by atoms with Gasteiger partial charge in [0.25, 0.3) is 0 Å². The minimum absolute atomic E-state index is 0.417. The molecule has 0 amide bonds. The number of aryl methyl sites for hydroxylation is 1. The molecule has 0 radical (unpaired) electrons. The van der Waals surface area contributed by atoms with Crippen molar-refractivity contribution < 1.29 is 0 Å². The Bertz CT molecular complexity index is 536. The van der Waals surface area contributed by atoms with Crippen LogP contribution in [0.1, 0.15) is 17.8 Å². The number of nitrogens with two attached hydrogens (primary N) is 1. The molecule has 20 heavy (non-hydrogen) atoms. The number of fused-ring (bicyclic) bond motifs is 1. The van der Waals surface area contributed by atoms with Gasteiger partial charge in [-0.3, -0.25) is 4.90 Å². The van der Waals surface area contributed by atoms with Gasteiger partial charge in [-0.2, -0.15) is 0 Å². The molecule has 1 aromatic heterocycles. The van der Waals surface area contributed by atoms with Gasteiger partial charge in [-0.25, -0.2) is 0 Å². The fourth-order valence-electron chi connectivity index (χ4n) is 2.82. The molecule has 0 saturated carbocycles. The summed E-state index contributed by atoms with van der Waals surface area (Å²) in [6.07, 6.45) is 3.98. The lowest BCUT2D eigenvalue weighted by atomic mass is 10.0. The van der Waals surface area contributed by atoms with E-state index in [0.29, 0.717) is 12.6 Å². The van der Waals surface area contributed by atoms with Crippen LogP contribution >= 0.6 is 0 Å². The van der Waals surface area contributed by atoms with Crippen molar-refractivity contribution in [1.29, 1.82) is 0 Å². The molecule has 5 nitrogen and oxygen atoms in total. The lowest BCUT2D eigenvalue weighted by molar-refractivity contribution is 0.148. The first-order valence-corrected chi connectivity index (χ1v) is 7.21. The van der Waals surface area contributed by atoms with Gasteiger partial charge in [0.1, 0.15) is 12.2 Å². The summed E-state index contributed by atoms with van der Waals surface area (Å²) in [6, 6.07) is 11.0. The largest absolute Gasteiger partial charge is 0.329 e. The first kappa shape index (κ1) is 13.3. The molecule has 106 valence electrons. The molecule has 2 heterocycles. The monoisotopic (exact) mass is 271 g/mol. The van der Waals surface area contributed by atoms with Crippen molar-refractivity contribution in [1.82, 2.24) is 19.7 Å². The second-order valence-electron chi connectivity index (χ2n) is 5.32. The summed E-state index contributed by atoms with van der Waals surface area (Å²) in [5, 5.41) is 8.14. The highest BCUT2D eigenvalue weighted by Crippen LogP contribution is 2.16. The molecule has 0 bridgehead atoms. The van der Waals surface area contributed by atoms with Gasteiger partial charge in [0.15, 0.2) is 0 Å². The van der Waals surface area contributed by atoms with E-state index < -0.39 is 0 Å². The molecule has 2 N–H and O–H groups in total. The van der Waals surface area contributed by atoms with Gasteiger partial charge in [0.2, 0.25) is 0 Å². The number of rotatable bonds is 5. The number of nitrogens with zero attached hydrogens (tertiary/aromatic N) is 4. The van der Waals surface area contributed by atoms with Crippen LogP contribution in [-0.2, 0) is 19.5 Å². The van der Waals surface area contributed by atoms with Gasteiger partial charge >= 0.3 is 0 Å². The van der Waals surface area contributed by atoms with E-state index in [1.807, 2.05) is 6.33 Å². The highest BCUT2D eigenvalue weighted by Gasteiger charge is 2.23. The van der Waals surface area contributed by atoms with E-state index in [-0.39, 0.29) is 0 Å². The Morgan fingerprint density at radius 1 is 1.20 bits per heavy atom. The Morgan fingerprint density at radius 2 is 2.05 bits per heavy atom. The number of hydrogen-bond acceptors (Lipinski definition) is 4. The standard InChI is InChI=1S/C15H21N5/c16-10-14(7-6-13-4-2-1-3-5-13)19-8-9-20-12-17-18-15(20)11-19/h1-5,12,14H,6-11,16H2. The molecular weight excluding hydrogens is 250 g/mol. The molecule has 1 aliphatic rings. The molecule has 1 atom stereocenters. The summed E-state index contributed by atoms with van der Waals surface area (Å²) in [5.74, 6) is 1.05. The van der Waals surface area contributed by atoms with E-state index in [2.05, 4.69) is 50.0 Å². The zero-order valence-corrected chi connectivity index (χ0v) is 11.7. The van der Waals surface area contributed by atoms with Crippen molar-refractivity contribution in [3.63, 3.8) is 0 Å². The van der Waals surface area contributed by atoms with Crippen LogP contribution in [0.4, 0.5) is 0 Å². The van der Waals surface area contributed by atoms with E-state index in [9.17, 15) is 0 Å². The number of hydrogen-bond donors (Lipinski definition) is 1. The molecule has 0 spiro atoms. The topological polar surface area (TPSA) is 60.0 Å². The maximum atomic E-state index is 5.98. The third-order valence-corrected chi connectivity index (χ3v) is 4.07. The van der Waals surface area contributed by atoms with Crippen molar-refractivity contribution in [2.45, 2.75) is 32.0 Å². The SMILES string of the molecule is NCC(CCc1ccccc1)N1CCn2cnnc2C1. The Hall–Kier alpha value is -1.72. The molecule has 1 unspecified atom stereocenters. The molecule has 5 heteroatoms. The normalized spacial score (nSPS) is 16.9. The average Bonchev–Trinajstić information content (AvgIpc) is 2.96. The molecule has 1 aromatic carbocycles. The third kappa shape index (κ3) is 2.89. The predicted octanol–water partition coefficient (Wildman–Crippen LogP) is 1.05. The Labute approximate surface area is 119 Å². The maximum absolute atomic E-state index is 5.98. The molecular formula is C15H21N5. The van der Waals surface area contributed by atoms with Crippen molar-refractivity contribution in [2.24, 2.45) is 5.73 Å². The summed E-state index contributed by atoms with van der Waals surface area (Å²) in [6.45, 7) is 3.55. The summed E-state index contributed by atoms with van der Waals surface area (Å²) in [7, 11) is 0. The smallest absolute Gasteiger partial charge is 0.147 e. The second-order valence-corrected chi connectivity index (χ2v) is 5.32. The summed E-state index contributed by atoms with van der Waals surface area (Å²) >= 11 is 0. The summed E-state index contributed by atoms with van der Waals surface area (Å²) in [4.78, 5) is 2.44. The number of aromatic nitrogens is 3. The zero-order valence-electron chi connectivity index (χ0n) is 11.7. The van der Waals surface area contributed by atoms with E-state index in [1.165, 1.54) is 5.56 Å². The van der Waals surface area contributed by atoms with Crippen LogP contribution in [0.2, 0.25) is 0 Å². The van der Waals surface area contributed by atoms with Crippen molar-refractivity contribution >= 4 is 0 Å². The minimum atomic E-state index is 0.417. The van der Waals surface area contributed by atoms with E-state index in [0.717, 1.165) is 38.3 Å². The van der Waals surface area contributed by atoms with Crippen LogP contribution in [-0.4, -0.2) is 38.8 Å².